The highest BCUT2D eigenvalue weighted by Crippen LogP contribution is 2.28. The Balaban J connectivity index is 1.41. The van der Waals surface area contributed by atoms with E-state index >= 15 is 0 Å². The van der Waals surface area contributed by atoms with Crippen molar-refractivity contribution in [2.45, 2.75) is 12.6 Å². The van der Waals surface area contributed by atoms with E-state index in [9.17, 15) is 18.0 Å². The van der Waals surface area contributed by atoms with Crippen LogP contribution in [0.15, 0.2) is 59.3 Å². The highest BCUT2D eigenvalue weighted by atomic mass is 19.4. The number of aromatic nitrogens is 2. The van der Waals surface area contributed by atoms with E-state index in [-0.39, 0.29) is 18.9 Å². The van der Waals surface area contributed by atoms with Crippen molar-refractivity contribution >= 4 is 11.7 Å². The van der Waals surface area contributed by atoms with Crippen LogP contribution in [0.25, 0.3) is 11.5 Å². The second kappa shape index (κ2) is 8.55. The Morgan fingerprint density at radius 1 is 1.07 bits per heavy atom. The molecule has 0 aliphatic rings. The van der Waals surface area contributed by atoms with Gasteiger partial charge in [0.15, 0.2) is 0 Å². The van der Waals surface area contributed by atoms with Crippen molar-refractivity contribution in [1.29, 1.82) is 0 Å². The maximum atomic E-state index is 12.5. The van der Waals surface area contributed by atoms with Gasteiger partial charge in [-0.15, -0.1) is 0 Å². The van der Waals surface area contributed by atoms with Crippen molar-refractivity contribution in [1.82, 2.24) is 15.3 Å². The molecule has 146 valence electrons. The smallest absolute Gasteiger partial charge is 0.417 e. The normalized spacial score (nSPS) is 11.2. The first-order chi connectivity index (χ1) is 13.4. The van der Waals surface area contributed by atoms with Crippen molar-refractivity contribution in [3.63, 3.8) is 0 Å². The SMILES string of the molecule is O=C(Cc1coc(-c2ccccc2)n1)NCCNc1ccc(C(F)(F)F)cn1. The van der Waals surface area contributed by atoms with Crippen LogP contribution in [0.1, 0.15) is 11.3 Å². The molecule has 0 saturated carbocycles. The summed E-state index contributed by atoms with van der Waals surface area (Å²) in [5.74, 6) is 0.500. The van der Waals surface area contributed by atoms with Gasteiger partial charge in [-0.1, -0.05) is 18.2 Å². The van der Waals surface area contributed by atoms with Crippen LogP contribution in [0.5, 0.6) is 0 Å². The van der Waals surface area contributed by atoms with Crippen molar-refractivity contribution in [2.24, 2.45) is 0 Å². The van der Waals surface area contributed by atoms with Gasteiger partial charge >= 0.3 is 6.18 Å². The molecule has 1 amide bonds. The number of pyridine rings is 1. The average Bonchev–Trinajstić information content (AvgIpc) is 3.14. The number of nitrogens with one attached hydrogen (secondary N) is 2. The monoisotopic (exact) mass is 390 g/mol. The standard InChI is InChI=1S/C19H17F3N4O2/c20-19(21,22)14-6-7-16(25-11-14)23-8-9-24-17(27)10-15-12-28-18(26-15)13-4-2-1-3-5-13/h1-7,11-12H,8-10H2,(H,23,25)(H,24,27). The van der Waals surface area contributed by atoms with Crippen LogP contribution in [-0.2, 0) is 17.4 Å². The van der Waals surface area contributed by atoms with E-state index < -0.39 is 11.7 Å². The maximum Gasteiger partial charge on any atom is 0.417 e. The van der Waals surface area contributed by atoms with Gasteiger partial charge in [-0.2, -0.15) is 13.2 Å². The Hall–Kier alpha value is -3.36. The molecule has 0 atom stereocenters. The number of nitrogens with zero attached hydrogens (tertiary/aromatic N) is 2. The first kappa shape index (κ1) is 19.4. The quantitative estimate of drug-likeness (QED) is 0.604. The van der Waals surface area contributed by atoms with E-state index in [0.29, 0.717) is 23.9 Å². The number of amides is 1. The predicted molar refractivity (Wildman–Crippen MR) is 96.4 cm³/mol. The number of hydrogen-bond acceptors (Lipinski definition) is 5. The number of oxazole rings is 1. The van der Waals surface area contributed by atoms with Gasteiger partial charge in [0.2, 0.25) is 11.8 Å². The fraction of sp³-hybridized carbons (Fsp3) is 0.211. The molecule has 1 aromatic carbocycles. The van der Waals surface area contributed by atoms with E-state index in [1.165, 1.54) is 12.3 Å². The molecule has 0 unspecified atom stereocenters. The van der Waals surface area contributed by atoms with Gasteiger partial charge in [-0.3, -0.25) is 4.79 Å². The lowest BCUT2D eigenvalue weighted by Crippen LogP contribution is -2.30. The fourth-order valence-corrected chi connectivity index (χ4v) is 2.39. The predicted octanol–water partition coefficient (Wildman–Crippen LogP) is 3.53. The zero-order valence-corrected chi connectivity index (χ0v) is 14.7. The molecular formula is C19H17F3N4O2. The molecule has 0 aliphatic carbocycles. The first-order valence-corrected chi connectivity index (χ1v) is 8.45. The zero-order chi connectivity index (χ0) is 20.0. The number of rotatable bonds is 7. The van der Waals surface area contributed by atoms with E-state index in [1.807, 2.05) is 30.3 Å². The van der Waals surface area contributed by atoms with Crippen LogP contribution < -0.4 is 10.6 Å². The van der Waals surface area contributed by atoms with Crippen LogP contribution in [0.2, 0.25) is 0 Å². The number of carbonyl (C=O) groups is 1. The Kier molecular flexibility index (Phi) is 5.93. The Morgan fingerprint density at radius 2 is 1.86 bits per heavy atom. The summed E-state index contributed by atoms with van der Waals surface area (Å²) in [5, 5.41) is 5.54. The summed E-state index contributed by atoms with van der Waals surface area (Å²) in [5.41, 5.74) is 0.518. The lowest BCUT2D eigenvalue weighted by atomic mass is 10.2. The minimum atomic E-state index is -4.42. The fourth-order valence-electron chi connectivity index (χ4n) is 2.39. The molecule has 2 heterocycles. The molecule has 3 rings (SSSR count). The average molecular weight is 390 g/mol. The van der Waals surface area contributed by atoms with E-state index in [0.717, 1.165) is 17.8 Å². The lowest BCUT2D eigenvalue weighted by molar-refractivity contribution is -0.137. The second-order valence-corrected chi connectivity index (χ2v) is 5.89. The third kappa shape index (κ3) is 5.32. The van der Waals surface area contributed by atoms with Crippen LogP contribution >= 0.6 is 0 Å². The van der Waals surface area contributed by atoms with Gasteiger partial charge in [0.1, 0.15) is 12.1 Å². The molecule has 0 bridgehead atoms. The van der Waals surface area contributed by atoms with Gasteiger partial charge in [0, 0.05) is 24.8 Å². The van der Waals surface area contributed by atoms with Crippen LogP contribution in [0.3, 0.4) is 0 Å². The summed E-state index contributed by atoms with van der Waals surface area (Å²) >= 11 is 0. The summed E-state index contributed by atoms with van der Waals surface area (Å²) < 4.78 is 42.8. The summed E-state index contributed by atoms with van der Waals surface area (Å²) in [4.78, 5) is 19.9. The molecule has 0 radical (unpaired) electrons. The van der Waals surface area contributed by atoms with Gasteiger partial charge in [0.25, 0.3) is 0 Å². The van der Waals surface area contributed by atoms with E-state index in [2.05, 4.69) is 20.6 Å². The minimum Gasteiger partial charge on any atom is -0.444 e. The summed E-state index contributed by atoms with van der Waals surface area (Å²) in [6.07, 6.45) is -2.15. The largest absolute Gasteiger partial charge is 0.444 e. The lowest BCUT2D eigenvalue weighted by Gasteiger charge is -2.09. The van der Waals surface area contributed by atoms with Crippen LogP contribution in [-0.4, -0.2) is 29.0 Å². The molecule has 9 heteroatoms. The van der Waals surface area contributed by atoms with Crippen molar-refractivity contribution in [3.8, 4) is 11.5 Å². The number of anilines is 1. The van der Waals surface area contributed by atoms with Crippen molar-refractivity contribution in [3.05, 3.63) is 66.2 Å². The molecular weight excluding hydrogens is 373 g/mol. The molecule has 0 saturated heterocycles. The highest BCUT2D eigenvalue weighted by molar-refractivity contribution is 5.78. The topological polar surface area (TPSA) is 80.0 Å². The van der Waals surface area contributed by atoms with Gasteiger partial charge < -0.3 is 15.1 Å². The van der Waals surface area contributed by atoms with Crippen molar-refractivity contribution < 1.29 is 22.4 Å². The molecule has 2 aromatic heterocycles. The molecule has 0 spiro atoms. The van der Waals surface area contributed by atoms with Gasteiger partial charge in [0.05, 0.1) is 17.7 Å². The first-order valence-electron chi connectivity index (χ1n) is 8.45. The number of halogens is 3. The Morgan fingerprint density at radius 3 is 2.54 bits per heavy atom. The number of carbonyl (C=O) groups excluding carboxylic acids is 1. The summed E-state index contributed by atoms with van der Waals surface area (Å²) in [6, 6.07) is 11.5. The molecule has 2 N–H and O–H groups in total. The molecule has 28 heavy (non-hydrogen) atoms. The van der Waals surface area contributed by atoms with E-state index in [4.69, 9.17) is 4.42 Å². The third-order valence-electron chi connectivity index (χ3n) is 3.76. The molecule has 0 aliphatic heterocycles. The summed E-state index contributed by atoms with van der Waals surface area (Å²) in [7, 11) is 0. The summed E-state index contributed by atoms with van der Waals surface area (Å²) in [6.45, 7) is 0.600. The van der Waals surface area contributed by atoms with Gasteiger partial charge in [-0.05, 0) is 24.3 Å². The van der Waals surface area contributed by atoms with Gasteiger partial charge in [-0.25, -0.2) is 9.97 Å². The highest BCUT2D eigenvalue weighted by Gasteiger charge is 2.30. The minimum absolute atomic E-state index is 0.0643. The van der Waals surface area contributed by atoms with Crippen LogP contribution in [0.4, 0.5) is 19.0 Å². The Bertz CT molecular complexity index is 909. The molecule has 0 fully saturated rings. The second-order valence-electron chi connectivity index (χ2n) is 5.89. The number of hydrogen-bond donors (Lipinski definition) is 2. The zero-order valence-electron chi connectivity index (χ0n) is 14.7. The number of alkyl halides is 3. The Labute approximate surface area is 158 Å². The van der Waals surface area contributed by atoms with Crippen LogP contribution in [0, 0.1) is 0 Å². The molecule has 3 aromatic rings. The third-order valence-corrected chi connectivity index (χ3v) is 3.76. The maximum absolute atomic E-state index is 12.5. The van der Waals surface area contributed by atoms with E-state index in [1.54, 1.807) is 0 Å². The number of benzene rings is 1. The molecule has 6 nitrogen and oxygen atoms in total. The van der Waals surface area contributed by atoms with Crippen molar-refractivity contribution in [2.75, 3.05) is 18.4 Å².